The van der Waals surface area contributed by atoms with Crippen LogP contribution in [0.15, 0.2) is 5.51 Å². The Morgan fingerprint density at radius 3 is 1.61 bits per heavy atom. The highest BCUT2D eigenvalue weighted by Gasteiger charge is 2.25. The third kappa shape index (κ3) is 15.0. The summed E-state index contributed by atoms with van der Waals surface area (Å²) in [5.41, 5.74) is 3.75. The third-order valence-electron chi connectivity index (χ3n) is 8.53. The molecule has 0 saturated carbocycles. The summed E-state index contributed by atoms with van der Waals surface area (Å²) in [6, 6.07) is 0. The Hall–Kier alpha value is -0.900. The summed E-state index contributed by atoms with van der Waals surface area (Å²) in [7, 11) is 0. The molecule has 2 heterocycles. The molecule has 3 nitrogen and oxygen atoms in total. The van der Waals surface area contributed by atoms with E-state index in [1.165, 1.54) is 160 Å². The number of hydrogen-bond donors (Lipinski definition) is 0. The molecule has 1 saturated heterocycles. The molecule has 0 atom stereocenters. The van der Waals surface area contributed by atoms with E-state index in [-0.39, 0.29) is 0 Å². The average molecular weight is 548 g/mol. The average Bonchev–Trinajstić information content (AvgIpc) is 3.32. The van der Waals surface area contributed by atoms with Crippen molar-refractivity contribution in [3.8, 4) is 0 Å². The number of likely N-dealkylation sites (tertiary alicyclic amines) is 1. The van der Waals surface area contributed by atoms with Gasteiger partial charge in [0.2, 0.25) is 12.1 Å². The first-order valence-corrected chi connectivity index (χ1v) is 17.9. The normalized spacial score (nSPS) is 13.9. The number of unbranched alkanes of at least 4 members (excludes halogenated alkanes) is 18. The maximum Gasteiger partial charge on any atom is 0.288 e. The third-order valence-corrected chi connectivity index (χ3v) is 9.61. The molecule has 220 valence electrons. The molecule has 1 fully saturated rings. The lowest BCUT2D eigenvalue weighted by Gasteiger charge is -2.25. The van der Waals surface area contributed by atoms with Crippen molar-refractivity contribution in [3.63, 3.8) is 0 Å². The summed E-state index contributed by atoms with van der Waals surface area (Å²) in [5.74, 6) is 0.335. The number of rotatable bonds is 24. The van der Waals surface area contributed by atoms with E-state index in [4.69, 9.17) is 0 Å². The summed E-state index contributed by atoms with van der Waals surface area (Å²) in [6.45, 7) is 7.07. The van der Waals surface area contributed by atoms with Gasteiger partial charge in [0.1, 0.15) is 0 Å². The second-order valence-corrected chi connectivity index (χ2v) is 13.0. The van der Waals surface area contributed by atoms with Crippen LogP contribution in [0.4, 0.5) is 0 Å². The fourth-order valence-electron chi connectivity index (χ4n) is 5.98. The van der Waals surface area contributed by atoms with Crippen molar-refractivity contribution in [1.29, 1.82) is 0 Å². The first-order valence-electron chi connectivity index (χ1n) is 17.0. The molecule has 1 aromatic heterocycles. The largest absolute Gasteiger partial charge is 0.337 e. The molecule has 38 heavy (non-hydrogen) atoms. The van der Waals surface area contributed by atoms with Crippen molar-refractivity contribution in [2.45, 2.75) is 181 Å². The SMILES string of the molecule is CCCCCCCCCCCCc1sc[n+](CC(=O)N2CCCCC2)c1CCCCCCCCCCCC. The van der Waals surface area contributed by atoms with E-state index >= 15 is 0 Å². The molecule has 1 aliphatic rings. The minimum absolute atomic E-state index is 0.335. The van der Waals surface area contributed by atoms with Crippen LogP contribution < -0.4 is 4.57 Å². The summed E-state index contributed by atoms with van der Waals surface area (Å²) >= 11 is 1.92. The van der Waals surface area contributed by atoms with Crippen molar-refractivity contribution in [3.05, 3.63) is 16.1 Å². The van der Waals surface area contributed by atoms with Crippen LogP contribution in [0.5, 0.6) is 0 Å². The Morgan fingerprint density at radius 2 is 1.11 bits per heavy atom. The van der Waals surface area contributed by atoms with Crippen LogP contribution in [0.2, 0.25) is 0 Å². The van der Waals surface area contributed by atoms with Crippen LogP contribution in [-0.2, 0) is 24.2 Å². The van der Waals surface area contributed by atoms with Crippen LogP contribution in [0.1, 0.15) is 172 Å². The Balaban J connectivity index is 1.74. The molecule has 2 rings (SSSR count). The van der Waals surface area contributed by atoms with Crippen LogP contribution in [-0.4, -0.2) is 23.9 Å². The van der Waals surface area contributed by atoms with Crippen LogP contribution in [0.3, 0.4) is 0 Å². The molecule has 0 bridgehead atoms. The second kappa shape index (κ2) is 22.9. The highest BCUT2D eigenvalue weighted by molar-refractivity contribution is 7.09. The van der Waals surface area contributed by atoms with Crippen molar-refractivity contribution in [2.75, 3.05) is 13.1 Å². The first kappa shape index (κ1) is 33.3. The lowest BCUT2D eigenvalue weighted by Crippen LogP contribution is -2.47. The van der Waals surface area contributed by atoms with Gasteiger partial charge in [-0.15, -0.1) is 0 Å². The Kier molecular flexibility index (Phi) is 20.0. The standard InChI is InChI=1S/C34H63N2OS/c1-3-5-7-9-11-13-15-17-19-22-26-32-33(27-23-20-18-16-14-12-10-8-6-4-2)38-31-36(32)30-34(37)35-28-24-21-25-29-35/h31H,3-30H2,1-2H3/q+1. The quantitative estimate of drug-likeness (QED) is 0.0933. The van der Waals surface area contributed by atoms with E-state index < -0.39 is 0 Å². The highest BCUT2D eigenvalue weighted by Crippen LogP contribution is 2.20. The number of carbonyl (C=O) groups is 1. The van der Waals surface area contributed by atoms with Gasteiger partial charge in [-0.05, 0) is 38.5 Å². The van der Waals surface area contributed by atoms with E-state index in [2.05, 4.69) is 28.8 Å². The zero-order chi connectivity index (χ0) is 27.1. The number of piperidine rings is 1. The minimum Gasteiger partial charge on any atom is -0.337 e. The van der Waals surface area contributed by atoms with Gasteiger partial charge < -0.3 is 4.90 Å². The summed E-state index contributed by atoms with van der Waals surface area (Å²) < 4.78 is 2.33. The number of nitrogens with zero attached hydrogens (tertiary/aromatic N) is 2. The molecule has 0 unspecified atom stereocenters. The summed E-state index contributed by atoms with van der Waals surface area (Å²) in [4.78, 5) is 16.7. The predicted octanol–water partition coefficient (Wildman–Crippen LogP) is 9.97. The lowest BCUT2D eigenvalue weighted by molar-refractivity contribution is -0.688. The van der Waals surface area contributed by atoms with Crippen molar-refractivity contribution in [1.82, 2.24) is 4.90 Å². The zero-order valence-corrected chi connectivity index (χ0v) is 26.4. The molecule has 0 radical (unpaired) electrons. The van der Waals surface area contributed by atoms with E-state index in [0.29, 0.717) is 12.5 Å². The topological polar surface area (TPSA) is 24.2 Å². The van der Waals surface area contributed by atoms with E-state index in [9.17, 15) is 4.79 Å². The van der Waals surface area contributed by atoms with Gasteiger partial charge >= 0.3 is 0 Å². The number of carbonyl (C=O) groups excluding carboxylic acids is 1. The minimum atomic E-state index is 0.335. The first-order chi connectivity index (χ1) is 18.8. The fraction of sp³-hybridized carbons (Fsp3) is 0.882. The van der Waals surface area contributed by atoms with Gasteiger partial charge in [0.05, 0.1) is 4.88 Å². The van der Waals surface area contributed by atoms with Gasteiger partial charge in [0.15, 0.2) is 5.69 Å². The monoisotopic (exact) mass is 547 g/mol. The maximum absolute atomic E-state index is 13.0. The van der Waals surface area contributed by atoms with Gasteiger partial charge in [-0.2, -0.15) is 4.57 Å². The van der Waals surface area contributed by atoms with Gasteiger partial charge in [-0.3, -0.25) is 4.79 Å². The summed E-state index contributed by atoms with van der Waals surface area (Å²) in [6.07, 6.45) is 33.7. The second-order valence-electron chi connectivity index (χ2n) is 12.0. The Morgan fingerprint density at radius 1 is 0.658 bits per heavy atom. The molecular weight excluding hydrogens is 484 g/mol. The fourth-order valence-corrected chi connectivity index (χ4v) is 7.05. The maximum atomic E-state index is 13.0. The number of aryl methyl sites for hydroxylation is 1. The van der Waals surface area contributed by atoms with Gasteiger partial charge in [0, 0.05) is 19.5 Å². The molecule has 1 amide bonds. The molecule has 0 N–H and O–H groups in total. The van der Waals surface area contributed by atoms with Gasteiger partial charge in [-0.25, -0.2) is 0 Å². The molecule has 0 aromatic carbocycles. The Bertz CT molecular complexity index is 695. The van der Waals surface area contributed by atoms with E-state index in [1.54, 1.807) is 4.88 Å². The number of amides is 1. The molecule has 4 heteroatoms. The molecule has 1 aliphatic heterocycles. The van der Waals surface area contributed by atoms with Crippen molar-refractivity contribution >= 4 is 17.2 Å². The molecule has 0 spiro atoms. The number of thiazole rings is 1. The molecular formula is C34H63N2OS+. The summed E-state index contributed by atoms with van der Waals surface area (Å²) in [5, 5.41) is 0. The number of hydrogen-bond acceptors (Lipinski definition) is 2. The van der Waals surface area contributed by atoms with Crippen LogP contribution in [0, 0.1) is 0 Å². The van der Waals surface area contributed by atoms with E-state index in [1.807, 2.05) is 11.3 Å². The highest BCUT2D eigenvalue weighted by atomic mass is 32.1. The predicted molar refractivity (Wildman–Crippen MR) is 166 cm³/mol. The van der Waals surface area contributed by atoms with Gasteiger partial charge in [-0.1, -0.05) is 141 Å². The molecule has 0 aliphatic carbocycles. The van der Waals surface area contributed by atoms with Crippen LogP contribution in [0.25, 0.3) is 0 Å². The smallest absolute Gasteiger partial charge is 0.288 e. The Labute approximate surface area is 241 Å². The van der Waals surface area contributed by atoms with Crippen LogP contribution >= 0.6 is 11.3 Å². The van der Waals surface area contributed by atoms with Crippen molar-refractivity contribution in [2.24, 2.45) is 0 Å². The van der Waals surface area contributed by atoms with Crippen molar-refractivity contribution < 1.29 is 9.36 Å². The lowest BCUT2D eigenvalue weighted by atomic mass is 10.0. The zero-order valence-electron chi connectivity index (χ0n) is 25.6. The molecule has 1 aromatic rings. The van der Waals surface area contributed by atoms with E-state index in [0.717, 1.165) is 19.5 Å². The van der Waals surface area contributed by atoms with Gasteiger partial charge in [0.25, 0.3) is 5.91 Å². The number of aromatic nitrogens is 1.